The van der Waals surface area contributed by atoms with Crippen LogP contribution in [-0.2, 0) is 4.79 Å². The molecule has 3 aliphatic heterocycles. The zero-order chi connectivity index (χ0) is 20.0. The first kappa shape index (κ1) is 18.0. The normalized spacial score (nSPS) is 21.9. The average Bonchev–Trinajstić information content (AvgIpc) is 3.21. The van der Waals surface area contributed by atoms with Crippen molar-refractivity contribution in [2.75, 3.05) is 20.2 Å². The summed E-state index contributed by atoms with van der Waals surface area (Å²) in [5, 5.41) is 7.24. The van der Waals surface area contributed by atoms with E-state index in [0.717, 1.165) is 42.0 Å². The summed E-state index contributed by atoms with van der Waals surface area (Å²) in [6, 6.07) is 16.5. The maximum absolute atomic E-state index is 11.8. The third-order valence-corrected chi connectivity index (χ3v) is 6.30. The molecule has 29 heavy (non-hydrogen) atoms. The van der Waals surface area contributed by atoms with E-state index in [1.54, 1.807) is 14.0 Å². The van der Waals surface area contributed by atoms with Crippen molar-refractivity contribution in [3.63, 3.8) is 0 Å². The zero-order valence-electron chi connectivity index (χ0n) is 16.8. The molecular formula is C23H25N3O3. The molecule has 1 fully saturated rings. The Bertz CT molecular complexity index is 979. The van der Waals surface area contributed by atoms with E-state index in [4.69, 9.17) is 14.6 Å². The summed E-state index contributed by atoms with van der Waals surface area (Å²) in [6.45, 7) is 3.00. The van der Waals surface area contributed by atoms with Crippen molar-refractivity contribution in [3.8, 4) is 11.5 Å². The molecular weight excluding hydrogens is 366 g/mol. The van der Waals surface area contributed by atoms with E-state index < -0.39 is 5.72 Å². The van der Waals surface area contributed by atoms with Crippen LogP contribution in [-0.4, -0.2) is 47.5 Å². The molecule has 3 aliphatic rings. The van der Waals surface area contributed by atoms with Crippen molar-refractivity contribution in [1.29, 1.82) is 0 Å². The van der Waals surface area contributed by atoms with E-state index in [0.29, 0.717) is 13.1 Å². The molecule has 150 valence electrons. The number of fused-ring (bicyclic) bond motifs is 4. The van der Waals surface area contributed by atoms with Gasteiger partial charge in [-0.3, -0.25) is 4.79 Å². The molecule has 0 aromatic heterocycles. The van der Waals surface area contributed by atoms with E-state index in [2.05, 4.69) is 29.3 Å². The van der Waals surface area contributed by atoms with Gasteiger partial charge in [-0.1, -0.05) is 30.3 Å². The lowest BCUT2D eigenvalue weighted by Crippen LogP contribution is -2.59. The van der Waals surface area contributed by atoms with Gasteiger partial charge < -0.3 is 14.4 Å². The Labute approximate surface area is 170 Å². The molecule has 5 rings (SSSR count). The van der Waals surface area contributed by atoms with Crippen molar-refractivity contribution < 1.29 is 14.3 Å². The molecule has 1 saturated heterocycles. The van der Waals surface area contributed by atoms with Crippen molar-refractivity contribution in [1.82, 2.24) is 9.91 Å². The van der Waals surface area contributed by atoms with Crippen molar-refractivity contribution in [3.05, 3.63) is 59.7 Å². The summed E-state index contributed by atoms with van der Waals surface area (Å²) in [7, 11) is 1.68. The Morgan fingerprint density at radius 3 is 2.72 bits per heavy atom. The van der Waals surface area contributed by atoms with Crippen LogP contribution in [0.1, 0.15) is 43.4 Å². The second kappa shape index (κ2) is 6.79. The van der Waals surface area contributed by atoms with Crippen LogP contribution in [0.2, 0.25) is 0 Å². The van der Waals surface area contributed by atoms with Crippen LogP contribution in [0.4, 0.5) is 0 Å². The van der Waals surface area contributed by atoms with Crippen LogP contribution in [0.15, 0.2) is 53.6 Å². The standard InChI is InChI=1S/C23H25N3O3/c1-16(27)25-12-10-23(11-13-25)26-21(19-8-3-4-9-22(19)29-23)15-20(24-26)17-6-5-7-18(14-17)28-2/h3-9,14,21H,10-13,15H2,1-2H3/t21-/m0/s1. The fourth-order valence-corrected chi connectivity index (χ4v) is 4.71. The molecule has 3 heterocycles. The Hall–Kier alpha value is -3.02. The smallest absolute Gasteiger partial charge is 0.219 e. The largest absolute Gasteiger partial charge is 0.497 e. The zero-order valence-corrected chi connectivity index (χ0v) is 16.8. The molecule has 6 nitrogen and oxygen atoms in total. The summed E-state index contributed by atoms with van der Waals surface area (Å²) in [5.41, 5.74) is 2.79. The number of ether oxygens (including phenoxy) is 2. The number of rotatable bonds is 2. The van der Waals surface area contributed by atoms with E-state index >= 15 is 0 Å². The molecule has 0 bridgehead atoms. The highest BCUT2D eigenvalue weighted by molar-refractivity contribution is 6.02. The predicted molar refractivity (Wildman–Crippen MR) is 110 cm³/mol. The summed E-state index contributed by atoms with van der Waals surface area (Å²) in [6.07, 6.45) is 2.31. The van der Waals surface area contributed by atoms with Crippen molar-refractivity contribution in [2.45, 2.75) is 38.0 Å². The third kappa shape index (κ3) is 2.94. The Balaban J connectivity index is 1.53. The lowest BCUT2D eigenvalue weighted by atomic mass is 9.90. The number of hydrazone groups is 1. The lowest BCUT2D eigenvalue weighted by molar-refractivity contribution is -0.158. The highest BCUT2D eigenvalue weighted by Gasteiger charge is 2.52. The predicted octanol–water partition coefficient (Wildman–Crippen LogP) is 3.58. The minimum Gasteiger partial charge on any atom is -0.497 e. The topological polar surface area (TPSA) is 54.4 Å². The monoisotopic (exact) mass is 391 g/mol. The van der Waals surface area contributed by atoms with E-state index in [-0.39, 0.29) is 11.9 Å². The van der Waals surface area contributed by atoms with Crippen LogP contribution in [0.25, 0.3) is 0 Å². The number of nitrogens with zero attached hydrogens (tertiary/aromatic N) is 3. The van der Waals surface area contributed by atoms with Gasteiger partial charge in [0.05, 0.1) is 18.9 Å². The lowest BCUT2D eigenvalue weighted by Gasteiger charge is -2.51. The van der Waals surface area contributed by atoms with Gasteiger partial charge in [-0.2, -0.15) is 5.10 Å². The number of likely N-dealkylation sites (tertiary alicyclic amines) is 1. The number of amides is 1. The van der Waals surface area contributed by atoms with E-state index in [9.17, 15) is 4.79 Å². The van der Waals surface area contributed by atoms with Gasteiger partial charge in [-0.05, 0) is 18.2 Å². The number of carbonyl (C=O) groups is 1. The quantitative estimate of drug-likeness (QED) is 0.785. The fourth-order valence-electron chi connectivity index (χ4n) is 4.71. The molecule has 2 aromatic rings. The number of carbonyl (C=O) groups excluding carboxylic acids is 1. The molecule has 0 unspecified atom stereocenters. The first-order chi connectivity index (χ1) is 14.1. The first-order valence-corrected chi connectivity index (χ1v) is 10.1. The Morgan fingerprint density at radius 1 is 1.17 bits per heavy atom. The van der Waals surface area contributed by atoms with Crippen LogP contribution in [0, 0.1) is 0 Å². The SMILES string of the molecule is COc1cccc(C2=NN3[C@@H](C2)c2ccccc2OC32CCN(C(C)=O)CC2)c1. The van der Waals surface area contributed by atoms with Crippen LogP contribution in [0.5, 0.6) is 11.5 Å². The highest BCUT2D eigenvalue weighted by atomic mass is 16.5. The molecule has 1 spiro atoms. The first-order valence-electron chi connectivity index (χ1n) is 10.1. The summed E-state index contributed by atoms with van der Waals surface area (Å²) in [5.74, 6) is 1.89. The maximum atomic E-state index is 11.8. The van der Waals surface area contributed by atoms with Gasteiger partial charge in [0.2, 0.25) is 11.6 Å². The number of benzene rings is 2. The molecule has 1 atom stereocenters. The van der Waals surface area contributed by atoms with Crippen LogP contribution < -0.4 is 9.47 Å². The van der Waals surface area contributed by atoms with Crippen molar-refractivity contribution in [2.24, 2.45) is 5.10 Å². The summed E-state index contributed by atoms with van der Waals surface area (Å²) in [4.78, 5) is 13.7. The van der Waals surface area contributed by atoms with Gasteiger partial charge >= 0.3 is 0 Å². The molecule has 2 aromatic carbocycles. The highest BCUT2D eigenvalue weighted by Crippen LogP contribution is 2.49. The van der Waals surface area contributed by atoms with Gasteiger partial charge in [0.25, 0.3) is 0 Å². The van der Waals surface area contributed by atoms with E-state index in [1.165, 1.54) is 5.56 Å². The van der Waals surface area contributed by atoms with Gasteiger partial charge in [0.15, 0.2) is 0 Å². The molecule has 0 saturated carbocycles. The fraction of sp³-hybridized carbons (Fsp3) is 0.391. The maximum Gasteiger partial charge on any atom is 0.219 e. The van der Waals surface area contributed by atoms with Gasteiger partial charge in [-0.15, -0.1) is 0 Å². The number of piperidine rings is 1. The van der Waals surface area contributed by atoms with Crippen molar-refractivity contribution >= 4 is 11.6 Å². The van der Waals surface area contributed by atoms with Crippen LogP contribution >= 0.6 is 0 Å². The summed E-state index contributed by atoms with van der Waals surface area (Å²) >= 11 is 0. The van der Waals surface area contributed by atoms with Gasteiger partial charge in [0.1, 0.15) is 11.5 Å². The molecule has 6 heteroatoms. The second-order valence-corrected chi connectivity index (χ2v) is 7.94. The Morgan fingerprint density at radius 2 is 1.97 bits per heavy atom. The number of methoxy groups -OCH3 is 1. The van der Waals surface area contributed by atoms with Gasteiger partial charge in [0, 0.05) is 50.4 Å². The minimum absolute atomic E-state index is 0.120. The molecule has 0 aliphatic carbocycles. The van der Waals surface area contributed by atoms with Crippen LogP contribution in [0.3, 0.4) is 0 Å². The molecule has 0 N–H and O–H groups in total. The summed E-state index contributed by atoms with van der Waals surface area (Å²) < 4.78 is 12.0. The Kier molecular flexibility index (Phi) is 4.23. The number of para-hydroxylation sites is 1. The molecule has 1 amide bonds. The molecule has 0 radical (unpaired) electrons. The minimum atomic E-state index is -0.508. The van der Waals surface area contributed by atoms with E-state index in [1.807, 2.05) is 29.2 Å². The second-order valence-electron chi connectivity index (χ2n) is 7.94. The third-order valence-electron chi connectivity index (χ3n) is 6.30. The number of hydrogen-bond acceptors (Lipinski definition) is 5. The average molecular weight is 391 g/mol. The van der Waals surface area contributed by atoms with Gasteiger partial charge in [-0.25, -0.2) is 5.01 Å². The number of hydrogen-bond donors (Lipinski definition) is 0.